The molecule has 0 radical (unpaired) electrons. The lowest BCUT2D eigenvalue weighted by atomic mass is 10.1. The molecule has 0 unspecified atom stereocenters. The molecule has 0 bridgehead atoms. The van der Waals surface area contributed by atoms with Crippen molar-refractivity contribution in [2.75, 3.05) is 7.11 Å². The van der Waals surface area contributed by atoms with Gasteiger partial charge in [-0.05, 0) is 24.3 Å². The molecule has 0 saturated carbocycles. The molecular weight excluding hydrogens is 268 g/mol. The summed E-state index contributed by atoms with van der Waals surface area (Å²) in [6.45, 7) is 0. The molecule has 5 heteroatoms. The Balaban J connectivity index is 1.99. The smallest absolute Gasteiger partial charge is 0.251 e. The standard InChI is InChI=1S/C16H12N2O3/c1-21-12-6-4-5-11(9-12)15(19)16(20)13-10-17-14-7-2-3-8-18(13)14/h2-10H,1H3. The summed E-state index contributed by atoms with van der Waals surface area (Å²) in [6.07, 6.45) is 3.12. The van der Waals surface area contributed by atoms with Gasteiger partial charge in [0.25, 0.3) is 5.78 Å². The summed E-state index contributed by atoms with van der Waals surface area (Å²) in [4.78, 5) is 28.8. The van der Waals surface area contributed by atoms with Gasteiger partial charge in [0.05, 0.1) is 13.3 Å². The van der Waals surface area contributed by atoms with Crippen molar-refractivity contribution in [2.45, 2.75) is 0 Å². The maximum atomic E-state index is 12.4. The van der Waals surface area contributed by atoms with Gasteiger partial charge in [0, 0.05) is 11.8 Å². The number of aromatic nitrogens is 2. The minimum atomic E-state index is -0.595. The van der Waals surface area contributed by atoms with Crippen molar-refractivity contribution in [3.05, 3.63) is 66.1 Å². The highest BCUT2D eigenvalue weighted by molar-refractivity contribution is 6.49. The maximum Gasteiger partial charge on any atom is 0.251 e. The predicted molar refractivity (Wildman–Crippen MR) is 76.8 cm³/mol. The Kier molecular flexibility index (Phi) is 3.23. The van der Waals surface area contributed by atoms with Crippen LogP contribution in [0.3, 0.4) is 0 Å². The number of pyridine rings is 1. The average Bonchev–Trinajstić information content (AvgIpc) is 2.97. The summed E-state index contributed by atoms with van der Waals surface area (Å²) in [5, 5.41) is 0. The number of carbonyl (C=O) groups is 2. The van der Waals surface area contributed by atoms with Crippen molar-refractivity contribution in [3.63, 3.8) is 0 Å². The van der Waals surface area contributed by atoms with Crippen molar-refractivity contribution in [2.24, 2.45) is 0 Å². The molecule has 0 fully saturated rings. The molecule has 0 aliphatic rings. The maximum absolute atomic E-state index is 12.4. The van der Waals surface area contributed by atoms with Crippen LogP contribution in [0, 0.1) is 0 Å². The zero-order valence-electron chi connectivity index (χ0n) is 11.3. The monoisotopic (exact) mass is 280 g/mol. The largest absolute Gasteiger partial charge is 0.497 e. The molecule has 0 saturated heterocycles. The zero-order valence-corrected chi connectivity index (χ0v) is 11.3. The lowest BCUT2D eigenvalue weighted by molar-refractivity contribution is 0.0813. The number of methoxy groups -OCH3 is 1. The Hall–Kier alpha value is -2.95. The summed E-state index contributed by atoms with van der Waals surface area (Å²) in [5.41, 5.74) is 1.17. The minimum absolute atomic E-state index is 0.249. The van der Waals surface area contributed by atoms with E-state index >= 15 is 0 Å². The number of ketones is 2. The Morgan fingerprint density at radius 2 is 1.95 bits per heavy atom. The van der Waals surface area contributed by atoms with Crippen LogP contribution in [0.4, 0.5) is 0 Å². The summed E-state index contributed by atoms with van der Waals surface area (Å²) in [5.74, 6) is -0.645. The predicted octanol–water partition coefficient (Wildman–Crippen LogP) is 2.41. The van der Waals surface area contributed by atoms with E-state index in [0.29, 0.717) is 17.0 Å². The number of nitrogens with zero attached hydrogens (tertiary/aromatic N) is 2. The Morgan fingerprint density at radius 1 is 1.10 bits per heavy atom. The number of carbonyl (C=O) groups excluding carboxylic acids is 2. The third-order valence-corrected chi connectivity index (χ3v) is 3.19. The van der Waals surface area contributed by atoms with Crippen molar-refractivity contribution in [1.82, 2.24) is 9.38 Å². The highest BCUT2D eigenvalue weighted by atomic mass is 16.5. The Bertz CT molecular complexity index is 836. The van der Waals surface area contributed by atoms with E-state index in [1.54, 1.807) is 47.0 Å². The van der Waals surface area contributed by atoms with Crippen LogP contribution in [0.2, 0.25) is 0 Å². The van der Waals surface area contributed by atoms with E-state index in [4.69, 9.17) is 4.74 Å². The van der Waals surface area contributed by atoms with Crippen LogP contribution in [-0.4, -0.2) is 28.1 Å². The fourth-order valence-electron chi connectivity index (χ4n) is 2.11. The first kappa shape index (κ1) is 13.1. The molecule has 0 aliphatic heterocycles. The highest BCUT2D eigenvalue weighted by Crippen LogP contribution is 2.15. The highest BCUT2D eigenvalue weighted by Gasteiger charge is 2.22. The van der Waals surface area contributed by atoms with Gasteiger partial charge in [-0.3, -0.25) is 14.0 Å². The average molecular weight is 280 g/mol. The van der Waals surface area contributed by atoms with Crippen LogP contribution in [-0.2, 0) is 0 Å². The molecular formula is C16H12N2O3. The van der Waals surface area contributed by atoms with E-state index in [9.17, 15) is 9.59 Å². The van der Waals surface area contributed by atoms with Crippen LogP contribution in [0.1, 0.15) is 20.8 Å². The van der Waals surface area contributed by atoms with Crippen molar-refractivity contribution in [1.29, 1.82) is 0 Å². The number of fused-ring (bicyclic) bond motifs is 1. The van der Waals surface area contributed by atoms with Gasteiger partial charge < -0.3 is 4.74 Å². The molecule has 21 heavy (non-hydrogen) atoms. The summed E-state index contributed by atoms with van der Waals surface area (Å²) in [6, 6.07) is 11.9. The SMILES string of the molecule is COc1cccc(C(=O)C(=O)c2cnc3ccccn23)c1. The number of rotatable bonds is 4. The van der Waals surface area contributed by atoms with Gasteiger partial charge in [-0.15, -0.1) is 0 Å². The molecule has 5 nitrogen and oxygen atoms in total. The van der Waals surface area contributed by atoms with Gasteiger partial charge in [0.15, 0.2) is 0 Å². The number of hydrogen-bond donors (Lipinski definition) is 0. The molecule has 1 aromatic carbocycles. The first-order valence-electron chi connectivity index (χ1n) is 6.36. The second-order valence-corrected chi connectivity index (χ2v) is 4.46. The second-order valence-electron chi connectivity index (χ2n) is 4.46. The fraction of sp³-hybridized carbons (Fsp3) is 0.0625. The van der Waals surface area contributed by atoms with Crippen molar-refractivity contribution < 1.29 is 14.3 Å². The fourth-order valence-corrected chi connectivity index (χ4v) is 2.11. The van der Waals surface area contributed by atoms with Gasteiger partial charge in [-0.2, -0.15) is 0 Å². The van der Waals surface area contributed by atoms with Crippen LogP contribution in [0.25, 0.3) is 5.65 Å². The lowest BCUT2D eigenvalue weighted by Gasteiger charge is -2.03. The molecule has 0 spiro atoms. The minimum Gasteiger partial charge on any atom is -0.497 e. The van der Waals surface area contributed by atoms with Gasteiger partial charge in [-0.25, -0.2) is 4.98 Å². The van der Waals surface area contributed by atoms with Crippen LogP contribution in [0.5, 0.6) is 5.75 Å². The van der Waals surface area contributed by atoms with Crippen molar-refractivity contribution in [3.8, 4) is 5.75 Å². The van der Waals surface area contributed by atoms with E-state index in [1.807, 2.05) is 6.07 Å². The van der Waals surface area contributed by atoms with Crippen LogP contribution >= 0.6 is 0 Å². The van der Waals surface area contributed by atoms with E-state index < -0.39 is 11.6 Å². The topological polar surface area (TPSA) is 60.7 Å². The first-order chi connectivity index (χ1) is 10.2. The summed E-state index contributed by atoms with van der Waals surface area (Å²) in [7, 11) is 1.51. The van der Waals surface area contributed by atoms with Gasteiger partial charge in [0.1, 0.15) is 17.1 Å². The molecule has 0 aliphatic carbocycles. The number of hydrogen-bond acceptors (Lipinski definition) is 4. The molecule has 3 aromatic rings. The molecule has 3 rings (SSSR count). The quantitative estimate of drug-likeness (QED) is 0.544. The van der Waals surface area contributed by atoms with Gasteiger partial charge in [0.2, 0.25) is 5.78 Å². The molecule has 104 valence electrons. The normalized spacial score (nSPS) is 10.5. The number of ether oxygens (including phenoxy) is 1. The van der Waals surface area contributed by atoms with Crippen LogP contribution in [0.15, 0.2) is 54.9 Å². The lowest BCUT2D eigenvalue weighted by Crippen LogP contribution is -2.16. The second kappa shape index (κ2) is 5.20. The van der Waals surface area contributed by atoms with Crippen LogP contribution < -0.4 is 4.74 Å². The Labute approximate surface area is 120 Å². The summed E-state index contributed by atoms with van der Waals surface area (Å²) < 4.78 is 6.66. The Morgan fingerprint density at radius 3 is 2.76 bits per heavy atom. The third-order valence-electron chi connectivity index (χ3n) is 3.19. The van der Waals surface area contributed by atoms with E-state index in [-0.39, 0.29) is 5.69 Å². The number of imidazole rings is 1. The molecule has 2 aromatic heterocycles. The van der Waals surface area contributed by atoms with Gasteiger partial charge in [-0.1, -0.05) is 18.2 Å². The van der Waals surface area contributed by atoms with Crippen molar-refractivity contribution >= 4 is 17.2 Å². The first-order valence-corrected chi connectivity index (χ1v) is 6.36. The third kappa shape index (κ3) is 2.29. The van der Waals surface area contributed by atoms with E-state index in [2.05, 4.69) is 4.98 Å². The molecule has 0 atom stereocenters. The number of benzene rings is 1. The zero-order chi connectivity index (χ0) is 14.8. The van der Waals surface area contributed by atoms with Gasteiger partial charge >= 0.3 is 0 Å². The number of Topliss-reactive ketones (excluding diaryl/α,β-unsaturated/α-hetero) is 2. The molecule has 2 heterocycles. The molecule has 0 N–H and O–H groups in total. The van der Waals surface area contributed by atoms with E-state index in [0.717, 1.165) is 0 Å². The molecule has 0 amide bonds. The van der Waals surface area contributed by atoms with E-state index in [1.165, 1.54) is 13.3 Å². The summed E-state index contributed by atoms with van der Waals surface area (Å²) >= 11 is 0.